The summed E-state index contributed by atoms with van der Waals surface area (Å²) in [5.74, 6) is 0.726. The normalized spacial score (nSPS) is 21.7. The van der Waals surface area contributed by atoms with Crippen LogP contribution in [0.3, 0.4) is 0 Å². The molecule has 0 saturated carbocycles. The van der Waals surface area contributed by atoms with Crippen molar-refractivity contribution in [2.45, 2.75) is 25.4 Å². The summed E-state index contributed by atoms with van der Waals surface area (Å²) in [4.78, 5) is 16.4. The van der Waals surface area contributed by atoms with Gasteiger partial charge in [0, 0.05) is 18.8 Å². The van der Waals surface area contributed by atoms with E-state index in [-0.39, 0.29) is 12.0 Å². The Labute approximate surface area is 130 Å². The Morgan fingerprint density at radius 3 is 3.00 bits per heavy atom. The second-order valence-corrected chi connectivity index (χ2v) is 6.05. The molecule has 1 atom stereocenters. The standard InChI is InChI=1S/C16H23N3O3/c1-22-15-7-11-4-6-19(14(11)8-13(15)17)16(21)10-18-5-2-3-12(20)9-18/h7-8,12,20H,2-6,9-10,17H2,1H3. The molecule has 1 aromatic rings. The molecule has 6 nitrogen and oxygen atoms in total. The van der Waals surface area contributed by atoms with Gasteiger partial charge >= 0.3 is 0 Å². The first-order valence-electron chi connectivity index (χ1n) is 7.75. The average Bonchev–Trinajstić information content (AvgIpc) is 2.89. The molecule has 0 aliphatic carbocycles. The number of likely N-dealkylation sites (tertiary alicyclic amines) is 1. The molecule has 0 radical (unpaired) electrons. The van der Waals surface area contributed by atoms with E-state index in [1.54, 1.807) is 12.0 Å². The number of nitrogens with two attached hydrogens (primary N) is 1. The number of benzene rings is 1. The van der Waals surface area contributed by atoms with E-state index in [2.05, 4.69) is 0 Å². The van der Waals surface area contributed by atoms with Crippen LogP contribution in [0.15, 0.2) is 12.1 Å². The molecule has 120 valence electrons. The number of anilines is 2. The van der Waals surface area contributed by atoms with Crippen LogP contribution in [0.5, 0.6) is 5.75 Å². The van der Waals surface area contributed by atoms with E-state index in [0.29, 0.717) is 31.1 Å². The van der Waals surface area contributed by atoms with Crippen LogP contribution in [0.25, 0.3) is 0 Å². The van der Waals surface area contributed by atoms with Crippen LogP contribution < -0.4 is 15.4 Å². The Morgan fingerprint density at radius 1 is 1.45 bits per heavy atom. The zero-order valence-electron chi connectivity index (χ0n) is 12.9. The fourth-order valence-corrected chi connectivity index (χ4v) is 3.32. The minimum absolute atomic E-state index is 0.0671. The second-order valence-electron chi connectivity index (χ2n) is 6.05. The Bertz CT molecular complexity index is 576. The zero-order chi connectivity index (χ0) is 15.7. The largest absolute Gasteiger partial charge is 0.495 e. The van der Waals surface area contributed by atoms with Gasteiger partial charge in [-0.05, 0) is 43.5 Å². The third-order valence-electron chi connectivity index (χ3n) is 4.47. The van der Waals surface area contributed by atoms with E-state index in [0.717, 1.165) is 37.1 Å². The van der Waals surface area contributed by atoms with Crippen molar-refractivity contribution >= 4 is 17.3 Å². The van der Waals surface area contributed by atoms with Crippen molar-refractivity contribution < 1.29 is 14.6 Å². The van der Waals surface area contributed by atoms with Crippen molar-refractivity contribution in [1.82, 2.24) is 4.90 Å². The first kappa shape index (κ1) is 15.1. The number of aliphatic hydroxyl groups excluding tert-OH is 1. The molecule has 0 spiro atoms. The molecule has 2 heterocycles. The van der Waals surface area contributed by atoms with Crippen molar-refractivity contribution in [3.63, 3.8) is 0 Å². The van der Waals surface area contributed by atoms with Gasteiger partial charge in [0.15, 0.2) is 0 Å². The van der Waals surface area contributed by atoms with E-state index in [1.165, 1.54) is 0 Å². The van der Waals surface area contributed by atoms with E-state index >= 15 is 0 Å². The summed E-state index contributed by atoms with van der Waals surface area (Å²) >= 11 is 0. The molecule has 22 heavy (non-hydrogen) atoms. The highest BCUT2D eigenvalue weighted by Gasteiger charge is 2.28. The molecule has 1 aromatic carbocycles. The number of β-amino-alcohol motifs (C(OH)–C–C–N with tert-alkyl or cyclic N) is 1. The molecule has 1 fully saturated rings. The first-order valence-corrected chi connectivity index (χ1v) is 7.75. The van der Waals surface area contributed by atoms with Crippen LogP contribution in [0.1, 0.15) is 18.4 Å². The van der Waals surface area contributed by atoms with Gasteiger partial charge in [-0.1, -0.05) is 0 Å². The number of aliphatic hydroxyl groups is 1. The van der Waals surface area contributed by atoms with Gasteiger partial charge in [0.25, 0.3) is 0 Å². The molecule has 3 N–H and O–H groups in total. The first-order chi connectivity index (χ1) is 10.6. The van der Waals surface area contributed by atoms with Gasteiger partial charge in [-0.25, -0.2) is 0 Å². The number of nitrogens with zero attached hydrogens (tertiary/aromatic N) is 2. The maximum atomic E-state index is 12.6. The number of amides is 1. The molecule has 2 aliphatic heterocycles. The molecule has 0 bridgehead atoms. The molecule has 0 aromatic heterocycles. The van der Waals surface area contributed by atoms with Gasteiger partial charge < -0.3 is 20.5 Å². The fourth-order valence-electron chi connectivity index (χ4n) is 3.32. The number of nitrogen functional groups attached to an aromatic ring is 1. The summed E-state index contributed by atoms with van der Waals surface area (Å²) in [5, 5.41) is 9.71. The van der Waals surface area contributed by atoms with Crippen molar-refractivity contribution in [2.24, 2.45) is 0 Å². The number of hydrogen-bond acceptors (Lipinski definition) is 5. The molecule has 1 amide bonds. The number of carbonyl (C=O) groups excluding carboxylic acids is 1. The lowest BCUT2D eigenvalue weighted by Crippen LogP contribution is -2.45. The highest BCUT2D eigenvalue weighted by atomic mass is 16.5. The van der Waals surface area contributed by atoms with Crippen LogP contribution in [-0.4, -0.2) is 55.3 Å². The molecule has 3 rings (SSSR count). The van der Waals surface area contributed by atoms with Crippen LogP contribution in [0.2, 0.25) is 0 Å². The monoisotopic (exact) mass is 305 g/mol. The van der Waals surface area contributed by atoms with Crippen molar-refractivity contribution in [2.75, 3.05) is 43.9 Å². The van der Waals surface area contributed by atoms with Gasteiger partial charge in [-0.2, -0.15) is 0 Å². The molecular formula is C16H23N3O3. The third-order valence-corrected chi connectivity index (χ3v) is 4.47. The molecule has 1 unspecified atom stereocenters. The zero-order valence-corrected chi connectivity index (χ0v) is 12.9. The van der Waals surface area contributed by atoms with Crippen molar-refractivity contribution in [1.29, 1.82) is 0 Å². The predicted octanol–water partition coefficient (Wildman–Crippen LogP) is 0.623. The summed E-state index contributed by atoms with van der Waals surface area (Å²) < 4.78 is 5.23. The molecular weight excluding hydrogens is 282 g/mol. The number of ether oxygens (including phenoxy) is 1. The number of rotatable bonds is 3. The Morgan fingerprint density at radius 2 is 2.27 bits per heavy atom. The third kappa shape index (κ3) is 2.89. The minimum atomic E-state index is -0.313. The van der Waals surface area contributed by atoms with Crippen molar-refractivity contribution in [3.8, 4) is 5.75 Å². The summed E-state index contributed by atoms with van der Waals surface area (Å²) in [5.41, 5.74) is 8.50. The van der Waals surface area contributed by atoms with E-state index in [1.807, 2.05) is 17.0 Å². The topological polar surface area (TPSA) is 79.0 Å². The van der Waals surface area contributed by atoms with Gasteiger partial charge in [-0.3, -0.25) is 9.69 Å². The van der Waals surface area contributed by atoms with Gasteiger partial charge in [0.2, 0.25) is 5.91 Å². The maximum Gasteiger partial charge on any atom is 0.241 e. The summed E-state index contributed by atoms with van der Waals surface area (Å²) in [6.07, 6.45) is 2.27. The highest BCUT2D eigenvalue weighted by Crippen LogP contribution is 2.35. The predicted molar refractivity (Wildman–Crippen MR) is 85.1 cm³/mol. The number of hydrogen-bond donors (Lipinski definition) is 2. The molecule has 2 aliphatic rings. The number of carbonyl (C=O) groups is 1. The number of piperidine rings is 1. The van der Waals surface area contributed by atoms with Gasteiger partial charge in [0.05, 0.1) is 25.4 Å². The Kier molecular flexibility index (Phi) is 4.22. The quantitative estimate of drug-likeness (QED) is 0.801. The van der Waals surface area contributed by atoms with E-state index in [9.17, 15) is 9.90 Å². The lowest BCUT2D eigenvalue weighted by molar-refractivity contribution is -0.120. The highest BCUT2D eigenvalue weighted by molar-refractivity contribution is 5.97. The molecule has 6 heteroatoms. The fraction of sp³-hybridized carbons (Fsp3) is 0.562. The Hall–Kier alpha value is -1.79. The van der Waals surface area contributed by atoms with E-state index in [4.69, 9.17) is 10.5 Å². The van der Waals surface area contributed by atoms with E-state index < -0.39 is 0 Å². The van der Waals surface area contributed by atoms with Crippen LogP contribution in [0, 0.1) is 0 Å². The lowest BCUT2D eigenvalue weighted by atomic mass is 10.1. The van der Waals surface area contributed by atoms with Crippen LogP contribution in [-0.2, 0) is 11.2 Å². The average molecular weight is 305 g/mol. The Balaban J connectivity index is 1.72. The van der Waals surface area contributed by atoms with Gasteiger partial charge in [-0.15, -0.1) is 0 Å². The maximum absolute atomic E-state index is 12.6. The summed E-state index contributed by atoms with van der Waals surface area (Å²) in [6.45, 7) is 2.48. The van der Waals surface area contributed by atoms with Crippen molar-refractivity contribution in [3.05, 3.63) is 17.7 Å². The van der Waals surface area contributed by atoms with Crippen LogP contribution >= 0.6 is 0 Å². The second kappa shape index (κ2) is 6.14. The minimum Gasteiger partial charge on any atom is -0.495 e. The molecule has 1 saturated heterocycles. The SMILES string of the molecule is COc1cc2c(cc1N)N(C(=O)CN1CCCC(O)C1)CC2. The number of methoxy groups -OCH3 is 1. The summed E-state index contributed by atoms with van der Waals surface area (Å²) in [7, 11) is 1.59. The van der Waals surface area contributed by atoms with Gasteiger partial charge in [0.1, 0.15) is 5.75 Å². The number of fused-ring (bicyclic) bond motifs is 1. The lowest BCUT2D eigenvalue weighted by Gasteiger charge is -2.30. The smallest absolute Gasteiger partial charge is 0.241 e. The summed E-state index contributed by atoms with van der Waals surface area (Å²) in [6, 6.07) is 3.74. The van der Waals surface area contributed by atoms with Crippen LogP contribution in [0.4, 0.5) is 11.4 Å².